The van der Waals surface area contributed by atoms with Crippen LogP contribution in [0.15, 0.2) is 78.9 Å². The molecule has 3 aromatic rings. The molecule has 168 valence electrons. The molecule has 0 saturated heterocycles. The average molecular weight is 448 g/mol. The van der Waals surface area contributed by atoms with Crippen LogP contribution in [-0.2, 0) is 14.3 Å². The van der Waals surface area contributed by atoms with Crippen molar-refractivity contribution in [2.75, 3.05) is 11.9 Å². The number of carbonyl (C=O) groups excluding carboxylic acids is 3. The Hall–Kier alpha value is -4.53. The number of ether oxygens (including phenoxy) is 2. The second-order valence-electron chi connectivity index (χ2n) is 6.88. The molecule has 1 N–H and O–H groups in total. The number of non-ortho nitro benzene ring substituents is 1. The summed E-state index contributed by atoms with van der Waals surface area (Å²) in [5.74, 6) is -0.538. The van der Waals surface area contributed by atoms with E-state index in [0.29, 0.717) is 22.7 Å². The summed E-state index contributed by atoms with van der Waals surface area (Å²) in [6.07, 6.45) is -0.204. The van der Waals surface area contributed by atoms with Crippen LogP contribution in [-0.4, -0.2) is 29.2 Å². The van der Waals surface area contributed by atoms with E-state index in [1.54, 1.807) is 36.4 Å². The molecule has 1 amide bonds. The number of hydrogen-bond acceptors (Lipinski definition) is 7. The molecule has 0 spiro atoms. The van der Waals surface area contributed by atoms with Gasteiger partial charge in [-0.05, 0) is 48.5 Å². The maximum Gasteiger partial charge on any atom is 0.306 e. The molecule has 9 heteroatoms. The number of nitro groups is 1. The SMILES string of the molecule is O=C(CCC(=O)OCC(=O)c1ccc(Oc2ccc([N+](=O)[O-])cc2)cc1)Nc1ccccc1. The van der Waals surface area contributed by atoms with Crippen molar-refractivity contribution in [3.05, 3.63) is 94.5 Å². The lowest BCUT2D eigenvalue weighted by molar-refractivity contribution is -0.384. The number of ketones is 1. The maximum atomic E-state index is 12.2. The van der Waals surface area contributed by atoms with Crippen LogP contribution in [0.5, 0.6) is 11.5 Å². The Kier molecular flexibility index (Phi) is 7.85. The number of nitrogens with zero attached hydrogens (tertiary/aromatic N) is 1. The summed E-state index contributed by atoms with van der Waals surface area (Å²) in [6.45, 7) is -0.443. The molecule has 0 aliphatic rings. The molecule has 0 saturated carbocycles. The smallest absolute Gasteiger partial charge is 0.306 e. The standard InChI is InChI=1S/C24H20N2O7/c27-22(16-32-24(29)15-14-23(28)25-18-4-2-1-3-5-18)17-6-10-20(11-7-17)33-21-12-8-19(9-13-21)26(30)31/h1-13H,14-16H2,(H,25,28). The largest absolute Gasteiger partial charge is 0.457 e. The van der Waals surface area contributed by atoms with Gasteiger partial charge in [0.25, 0.3) is 5.69 Å². The third kappa shape index (κ3) is 7.28. The zero-order valence-electron chi connectivity index (χ0n) is 17.4. The van der Waals surface area contributed by atoms with Gasteiger partial charge in [-0.25, -0.2) is 0 Å². The molecule has 0 aliphatic heterocycles. The first kappa shape index (κ1) is 23.1. The third-order valence-electron chi connectivity index (χ3n) is 4.44. The number of carbonyl (C=O) groups is 3. The van der Waals surface area contributed by atoms with E-state index in [1.165, 1.54) is 36.4 Å². The summed E-state index contributed by atoms with van der Waals surface area (Å²) in [5, 5.41) is 13.3. The Morgan fingerprint density at radius 2 is 1.42 bits per heavy atom. The van der Waals surface area contributed by atoms with Gasteiger partial charge in [-0.2, -0.15) is 0 Å². The fourth-order valence-electron chi connectivity index (χ4n) is 2.74. The van der Waals surface area contributed by atoms with E-state index in [0.717, 1.165) is 0 Å². The molecule has 0 bridgehead atoms. The van der Waals surface area contributed by atoms with Crippen LogP contribution in [0.2, 0.25) is 0 Å². The van der Waals surface area contributed by atoms with E-state index in [2.05, 4.69) is 5.32 Å². The van der Waals surface area contributed by atoms with Crippen molar-refractivity contribution in [1.29, 1.82) is 0 Å². The number of esters is 1. The number of amides is 1. The maximum absolute atomic E-state index is 12.2. The number of anilines is 1. The molecule has 9 nitrogen and oxygen atoms in total. The van der Waals surface area contributed by atoms with Gasteiger partial charge in [-0.15, -0.1) is 0 Å². The summed E-state index contributed by atoms with van der Waals surface area (Å²) < 4.78 is 10.5. The van der Waals surface area contributed by atoms with Crippen molar-refractivity contribution in [3.63, 3.8) is 0 Å². The average Bonchev–Trinajstić information content (AvgIpc) is 2.82. The Morgan fingerprint density at radius 3 is 2.03 bits per heavy atom. The molecule has 3 rings (SSSR count). The topological polar surface area (TPSA) is 125 Å². The predicted octanol–water partition coefficient (Wildman–Crippen LogP) is 4.53. The van der Waals surface area contributed by atoms with Crippen LogP contribution >= 0.6 is 0 Å². The Labute approximate surface area is 189 Å². The minimum absolute atomic E-state index is 0.0466. The molecule has 0 atom stereocenters. The number of hydrogen-bond donors (Lipinski definition) is 1. The minimum Gasteiger partial charge on any atom is -0.457 e. The highest BCUT2D eigenvalue weighted by atomic mass is 16.6. The zero-order chi connectivity index (χ0) is 23.6. The van der Waals surface area contributed by atoms with E-state index < -0.39 is 23.3 Å². The van der Waals surface area contributed by atoms with E-state index in [4.69, 9.17) is 9.47 Å². The Bertz CT molecular complexity index is 1130. The monoisotopic (exact) mass is 448 g/mol. The van der Waals surface area contributed by atoms with E-state index in [-0.39, 0.29) is 24.4 Å². The summed E-state index contributed by atoms with van der Waals surface area (Å²) in [4.78, 5) is 46.1. The summed E-state index contributed by atoms with van der Waals surface area (Å²) >= 11 is 0. The quantitative estimate of drug-likeness (QED) is 0.209. The number of nitro benzene ring substituents is 1. The van der Waals surface area contributed by atoms with Crippen molar-refractivity contribution < 1.29 is 28.8 Å². The number of para-hydroxylation sites is 1. The number of benzene rings is 3. The van der Waals surface area contributed by atoms with Crippen molar-refractivity contribution in [1.82, 2.24) is 0 Å². The lowest BCUT2D eigenvalue weighted by Crippen LogP contribution is -2.17. The first-order chi connectivity index (χ1) is 15.9. The lowest BCUT2D eigenvalue weighted by Gasteiger charge is -2.07. The third-order valence-corrected chi connectivity index (χ3v) is 4.44. The van der Waals surface area contributed by atoms with Crippen molar-refractivity contribution in [2.45, 2.75) is 12.8 Å². The molecule has 0 unspecified atom stereocenters. The van der Waals surface area contributed by atoms with Gasteiger partial charge in [-0.1, -0.05) is 18.2 Å². The lowest BCUT2D eigenvalue weighted by atomic mass is 10.1. The van der Waals surface area contributed by atoms with Crippen LogP contribution in [0.1, 0.15) is 23.2 Å². The van der Waals surface area contributed by atoms with Crippen molar-refractivity contribution >= 4 is 29.0 Å². The van der Waals surface area contributed by atoms with Crippen LogP contribution < -0.4 is 10.1 Å². The van der Waals surface area contributed by atoms with Crippen molar-refractivity contribution in [3.8, 4) is 11.5 Å². The summed E-state index contributed by atoms with van der Waals surface area (Å²) in [5.41, 5.74) is 0.905. The molecule has 0 heterocycles. The van der Waals surface area contributed by atoms with Crippen LogP contribution in [0, 0.1) is 10.1 Å². The van der Waals surface area contributed by atoms with Crippen molar-refractivity contribution in [2.24, 2.45) is 0 Å². The highest BCUT2D eigenvalue weighted by Gasteiger charge is 2.13. The van der Waals surface area contributed by atoms with Gasteiger partial charge in [0.1, 0.15) is 11.5 Å². The van der Waals surface area contributed by atoms with E-state index in [9.17, 15) is 24.5 Å². The fourth-order valence-corrected chi connectivity index (χ4v) is 2.74. The van der Waals surface area contributed by atoms with Gasteiger partial charge in [0, 0.05) is 29.8 Å². The predicted molar refractivity (Wildman–Crippen MR) is 119 cm³/mol. The second-order valence-corrected chi connectivity index (χ2v) is 6.88. The highest BCUT2D eigenvalue weighted by Crippen LogP contribution is 2.24. The van der Waals surface area contributed by atoms with Gasteiger partial charge in [0.2, 0.25) is 5.91 Å². The zero-order valence-corrected chi connectivity index (χ0v) is 17.4. The molecular formula is C24H20N2O7. The Balaban J connectivity index is 1.42. The summed E-state index contributed by atoms with van der Waals surface area (Å²) in [6, 6.07) is 20.6. The second kappa shape index (κ2) is 11.2. The van der Waals surface area contributed by atoms with Gasteiger partial charge in [0.05, 0.1) is 11.3 Å². The molecule has 33 heavy (non-hydrogen) atoms. The van der Waals surface area contributed by atoms with E-state index in [1.807, 2.05) is 6.07 Å². The normalized spacial score (nSPS) is 10.2. The van der Waals surface area contributed by atoms with Gasteiger partial charge in [-0.3, -0.25) is 24.5 Å². The van der Waals surface area contributed by atoms with E-state index >= 15 is 0 Å². The van der Waals surface area contributed by atoms with Crippen LogP contribution in [0.25, 0.3) is 0 Å². The Morgan fingerprint density at radius 1 is 0.818 bits per heavy atom. The number of rotatable bonds is 10. The molecular weight excluding hydrogens is 428 g/mol. The first-order valence-corrected chi connectivity index (χ1v) is 9.97. The first-order valence-electron chi connectivity index (χ1n) is 9.97. The van der Waals surface area contributed by atoms with Gasteiger partial charge < -0.3 is 14.8 Å². The number of Topliss-reactive ketones (excluding diaryl/α,β-unsaturated/α-hetero) is 1. The molecule has 0 aliphatic carbocycles. The van der Waals surface area contributed by atoms with Crippen LogP contribution in [0.4, 0.5) is 11.4 Å². The number of nitrogens with one attached hydrogen (secondary N) is 1. The highest BCUT2D eigenvalue weighted by molar-refractivity contribution is 5.98. The minimum atomic E-state index is -0.648. The van der Waals surface area contributed by atoms with Gasteiger partial charge >= 0.3 is 5.97 Å². The molecule has 0 radical (unpaired) electrons. The summed E-state index contributed by atoms with van der Waals surface area (Å²) in [7, 11) is 0. The molecule has 0 aromatic heterocycles. The van der Waals surface area contributed by atoms with Gasteiger partial charge in [0.15, 0.2) is 12.4 Å². The molecule has 0 fully saturated rings. The fraction of sp³-hybridized carbons (Fsp3) is 0.125. The molecule has 3 aromatic carbocycles. The van der Waals surface area contributed by atoms with Crippen LogP contribution in [0.3, 0.4) is 0 Å².